The van der Waals surface area contributed by atoms with Crippen LogP contribution < -0.4 is 10.0 Å². The fourth-order valence-corrected chi connectivity index (χ4v) is 4.90. The van der Waals surface area contributed by atoms with Gasteiger partial charge in [-0.15, -0.1) is 0 Å². The third-order valence-electron chi connectivity index (χ3n) is 4.55. The summed E-state index contributed by atoms with van der Waals surface area (Å²) in [6.45, 7) is 0. The van der Waals surface area contributed by atoms with Crippen molar-refractivity contribution >= 4 is 39.3 Å². The molecular formula is C18H27ClN2O3S2. The molecule has 8 heteroatoms. The minimum absolute atomic E-state index is 0.110. The summed E-state index contributed by atoms with van der Waals surface area (Å²) in [5.74, 6) is 0.467. The number of hydrogen-bond donors (Lipinski definition) is 2. The zero-order chi connectivity index (χ0) is 19.0. The Morgan fingerprint density at radius 2 is 1.81 bits per heavy atom. The normalized spacial score (nSPS) is 17.5. The maximum Gasteiger partial charge on any atom is 0.241 e. The summed E-state index contributed by atoms with van der Waals surface area (Å²) in [4.78, 5) is 12.8. The maximum atomic E-state index is 12.7. The Hall–Kier alpha value is -0.760. The summed E-state index contributed by atoms with van der Waals surface area (Å²) in [6, 6.07) is 5.31. The molecule has 0 saturated heterocycles. The van der Waals surface area contributed by atoms with Gasteiger partial charge in [0.1, 0.15) is 6.04 Å². The lowest BCUT2D eigenvalue weighted by Gasteiger charge is -2.22. The van der Waals surface area contributed by atoms with E-state index in [1.807, 2.05) is 6.26 Å². The van der Waals surface area contributed by atoms with Crippen LogP contribution in [0.4, 0.5) is 0 Å². The highest BCUT2D eigenvalue weighted by Gasteiger charge is 2.27. The average molecular weight is 419 g/mol. The van der Waals surface area contributed by atoms with Crippen LogP contribution in [0.25, 0.3) is 0 Å². The molecule has 0 heterocycles. The number of carbonyl (C=O) groups excluding carboxylic acids is 1. The number of rotatable bonds is 8. The van der Waals surface area contributed by atoms with Gasteiger partial charge in [-0.05, 0) is 55.5 Å². The van der Waals surface area contributed by atoms with Gasteiger partial charge in [0, 0.05) is 11.1 Å². The lowest BCUT2D eigenvalue weighted by molar-refractivity contribution is -0.123. The van der Waals surface area contributed by atoms with Gasteiger partial charge in [-0.2, -0.15) is 16.5 Å². The molecule has 2 rings (SSSR count). The molecular weight excluding hydrogens is 392 g/mol. The van der Waals surface area contributed by atoms with E-state index in [2.05, 4.69) is 10.0 Å². The van der Waals surface area contributed by atoms with Crippen LogP contribution in [0.5, 0.6) is 0 Å². The standard InChI is InChI=1S/C18H27ClN2O3S2/c1-25-13-12-17(18(22)20-15-6-4-2-3-5-7-15)21-26(23,24)16-10-8-14(19)9-11-16/h8-11,15,17,21H,2-7,12-13H2,1H3,(H,20,22). The lowest BCUT2D eigenvalue weighted by Crippen LogP contribution is -2.49. The van der Waals surface area contributed by atoms with Crippen LogP contribution >= 0.6 is 23.4 Å². The summed E-state index contributed by atoms with van der Waals surface area (Å²) >= 11 is 7.41. The lowest BCUT2D eigenvalue weighted by atomic mass is 10.1. The monoisotopic (exact) mass is 418 g/mol. The van der Waals surface area contributed by atoms with E-state index in [4.69, 9.17) is 11.6 Å². The van der Waals surface area contributed by atoms with Crippen molar-refractivity contribution in [3.8, 4) is 0 Å². The van der Waals surface area contributed by atoms with Crippen LogP contribution in [0, 0.1) is 0 Å². The van der Waals surface area contributed by atoms with E-state index in [1.165, 1.54) is 37.1 Å². The van der Waals surface area contributed by atoms with Crippen molar-refractivity contribution in [3.63, 3.8) is 0 Å². The van der Waals surface area contributed by atoms with Gasteiger partial charge in [0.2, 0.25) is 15.9 Å². The first-order chi connectivity index (χ1) is 12.4. The summed E-state index contributed by atoms with van der Waals surface area (Å²) in [5.41, 5.74) is 0. The largest absolute Gasteiger partial charge is 0.352 e. The molecule has 1 fully saturated rings. The zero-order valence-corrected chi connectivity index (χ0v) is 17.4. The minimum atomic E-state index is -3.78. The van der Waals surface area contributed by atoms with Crippen LogP contribution in [-0.2, 0) is 14.8 Å². The molecule has 0 bridgehead atoms. The van der Waals surface area contributed by atoms with Gasteiger partial charge in [0.05, 0.1) is 4.90 Å². The van der Waals surface area contributed by atoms with Crippen LogP contribution in [0.1, 0.15) is 44.9 Å². The second-order valence-electron chi connectivity index (χ2n) is 6.61. The maximum absolute atomic E-state index is 12.7. The molecule has 5 nitrogen and oxygen atoms in total. The third-order valence-corrected chi connectivity index (χ3v) is 6.93. The molecule has 0 radical (unpaired) electrons. The molecule has 0 spiro atoms. The molecule has 1 aliphatic rings. The summed E-state index contributed by atoms with van der Waals surface area (Å²) in [5, 5.41) is 3.52. The van der Waals surface area contributed by atoms with Crippen molar-refractivity contribution in [1.29, 1.82) is 0 Å². The number of sulfonamides is 1. The van der Waals surface area contributed by atoms with E-state index in [-0.39, 0.29) is 16.8 Å². The van der Waals surface area contributed by atoms with Crippen LogP contribution in [0.2, 0.25) is 5.02 Å². The van der Waals surface area contributed by atoms with Crippen LogP contribution in [-0.4, -0.2) is 38.4 Å². The van der Waals surface area contributed by atoms with Crippen LogP contribution in [0.15, 0.2) is 29.2 Å². The van der Waals surface area contributed by atoms with Crippen molar-refractivity contribution in [2.24, 2.45) is 0 Å². The van der Waals surface area contributed by atoms with Gasteiger partial charge in [-0.1, -0.05) is 37.3 Å². The van der Waals surface area contributed by atoms with Crippen molar-refractivity contribution in [1.82, 2.24) is 10.0 Å². The predicted molar refractivity (Wildman–Crippen MR) is 108 cm³/mol. The van der Waals surface area contributed by atoms with E-state index in [0.29, 0.717) is 17.2 Å². The predicted octanol–water partition coefficient (Wildman–Crippen LogP) is 3.58. The Labute approximate surface area is 165 Å². The Morgan fingerprint density at radius 1 is 1.19 bits per heavy atom. The van der Waals surface area contributed by atoms with Gasteiger partial charge >= 0.3 is 0 Å². The zero-order valence-electron chi connectivity index (χ0n) is 15.0. The minimum Gasteiger partial charge on any atom is -0.352 e. The topological polar surface area (TPSA) is 75.3 Å². The number of halogens is 1. The van der Waals surface area contributed by atoms with Crippen molar-refractivity contribution in [2.75, 3.05) is 12.0 Å². The van der Waals surface area contributed by atoms with E-state index in [1.54, 1.807) is 11.8 Å². The molecule has 1 aromatic rings. The first kappa shape index (κ1) is 21.5. The highest BCUT2D eigenvalue weighted by atomic mass is 35.5. The Balaban J connectivity index is 2.07. The van der Waals surface area contributed by atoms with Gasteiger partial charge < -0.3 is 5.32 Å². The molecule has 2 N–H and O–H groups in total. The van der Waals surface area contributed by atoms with E-state index in [9.17, 15) is 13.2 Å². The fraction of sp³-hybridized carbons (Fsp3) is 0.611. The Kier molecular flexibility index (Phi) is 8.73. The average Bonchev–Trinajstić information content (AvgIpc) is 2.87. The summed E-state index contributed by atoms with van der Waals surface area (Å²) in [6.07, 6.45) is 8.93. The molecule has 0 aliphatic heterocycles. The molecule has 1 aliphatic carbocycles. The van der Waals surface area contributed by atoms with Gasteiger partial charge in [0.15, 0.2) is 0 Å². The summed E-state index contributed by atoms with van der Waals surface area (Å²) < 4.78 is 27.8. The second kappa shape index (κ2) is 10.5. The number of benzene rings is 1. The molecule has 1 saturated carbocycles. The van der Waals surface area contributed by atoms with Gasteiger partial charge in [0.25, 0.3) is 0 Å². The van der Waals surface area contributed by atoms with E-state index >= 15 is 0 Å². The number of thioether (sulfide) groups is 1. The highest BCUT2D eigenvalue weighted by molar-refractivity contribution is 7.98. The number of amides is 1. The molecule has 1 atom stereocenters. The first-order valence-electron chi connectivity index (χ1n) is 8.99. The molecule has 146 valence electrons. The number of hydrogen-bond acceptors (Lipinski definition) is 4. The van der Waals surface area contributed by atoms with Crippen molar-refractivity contribution in [3.05, 3.63) is 29.3 Å². The molecule has 1 aromatic carbocycles. The number of nitrogens with one attached hydrogen (secondary N) is 2. The van der Waals surface area contributed by atoms with Crippen molar-refractivity contribution < 1.29 is 13.2 Å². The highest BCUT2D eigenvalue weighted by Crippen LogP contribution is 2.18. The third kappa shape index (κ3) is 6.76. The Bertz CT molecular complexity index is 672. The Morgan fingerprint density at radius 3 is 2.38 bits per heavy atom. The molecule has 26 heavy (non-hydrogen) atoms. The van der Waals surface area contributed by atoms with Crippen molar-refractivity contribution in [2.45, 2.75) is 61.9 Å². The van der Waals surface area contributed by atoms with Gasteiger partial charge in [-0.25, -0.2) is 8.42 Å². The molecule has 1 unspecified atom stereocenters. The number of carbonyl (C=O) groups is 1. The second-order valence-corrected chi connectivity index (χ2v) is 9.74. The van der Waals surface area contributed by atoms with E-state index < -0.39 is 16.1 Å². The van der Waals surface area contributed by atoms with Crippen LogP contribution in [0.3, 0.4) is 0 Å². The molecule has 0 aromatic heterocycles. The SMILES string of the molecule is CSCCC(NS(=O)(=O)c1ccc(Cl)cc1)C(=O)NC1CCCCCC1. The van der Waals surface area contributed by atoms with E-state index in [0.717, 1.165) is 25.7 Å². The quantitative estimate of drug-likeness (QED) is 0.632. The first-order valence-corrected chi connectivity index (χ1v) is 12.2. The molecule has 1 amide bonds. The van der Waals surface area contributed by atoms with Gasteiger partial charge in [-0.3, -0.25) is 4.79 Å². The fourth-order valence-electron chi connectivity index (χ4n) is 3.07. The smallest absolute Gasteiger partial charge is 0.241 e. The summed E-state index contributed by atoms with van der Waals surface area (Å²) in [7, 11) is -3.78.